The smallest absolute Gasteiger partial charge is 0.344 e. The molecule has 610 valence electrons. The fraction of sp³-hybridized carbons (Fsp3) is 0.418. The van der Waals surface area contributed by atoms with Gasteiger partial charge < -0.3 is 119 Å². The molecule has 2 heterocycles. The Kier molecular flexibility index (Phi) is 22.8. The number of ketones is 8. The molecule has 6 aliphatic carbocycles. The number of hydrogen-bond donors (Lipinski definition) is 13. The number of aromatic hydroxyl groups is 2. The lowest BCUT2D eigenvalue weighted by Gasteiger charge is -2.53. The van der Waals surface area contributed by atoms with Gasteiger partial charge in [0.1, 0.15) is 65.4 Å². The molecule has 36 heteroatoms. The maximum atomic E-state index is 15.1. The molecule has 13 rings (SSSR count). The number of carboxylic acid groups (broad SMARTS) is 1. The van der Waals surface area contributed by atoms with Crippen molar-refractivity contribution in [2.24, 2.45) is 11.8 Å². The van der Waals surface area contributed by atoms with Gasteiger partial charge in [-0.2, -0.15) is 0 Å². The van der Waals surface area contributed by atoms with Gasteiger partial charge in [0.2, 0.25) is 34.7 Å². The third kappa shape index (κ3) is 12.7. The molecule has 0 bridgehead atoms. The van der Waals surface area contributed by atoms with E-state index in [9.17, 15) is 109 Å². The fourth-order valence-electron chi connectivity index (χ4n) is 17.1. The molecule has 13 N–H and O–H groups in total. The van der Waals surface area contributed by atoms with Crippen LogP contribution in [0.2, 0.25) is 0 Å². The summed E-state index contributed by atoms with van der Waals surface area (Å²) in [5.74, 6) is -19.9. The van der Waals surface area contributed by atoms with E-state index in [1.54, 1.807) is 44.2 Å². The van der Waals surface area contributed by atoms with Crippen molar-refractivity contribution >= 4 is 70.1 Å². The number of aliphatic hydroxyl groups excluding tert-OH is 6. The summed E-state index contributed by atoms with van der Waals surface area (Å²) < 4.78 is 60.1. The van der Waals surface area contributed by atoms with Crippen LogP contribution >= 0.6 is 0 Å². The molecule has 5 aromatic carbocycles. The Hall–Kier alpha value is -10.9. The minimum Gasteiger partial charge on any atom is -0.506 e. The number of hydrogen-bond acceptors (Lipinski definition) is 35. The third-order valence-corrected chi connectivity index (χ3v) is 22.5. The van der Waals surface area contributed by atoms with E-state index in [1.807, 2.05) is 0 Å². The summed E-state index contributed by atoms with van der Waals surface area (Å²) in [6.45, 7) is 2.63. The first-order valence-electron chi connectivity index (χ1n) is 35.6. The van der Waals surface area contributed by atoms with E-state index in [0.29, 0.717) is 5.56 Å². The SMILES string of the molecule is COC(=O)c1c(C)cc2c(c1OCC(=O)O)[C@]1(O)C(=O)c3cc4c(c(O)c3C(=O)[C@]1(OC)[C@H](O)C2)C(=O)C=C(N[C@H]1O[C@@H](C)[C@H](OC)[C@@H](O)[C@H]1CO)C4=O.COC(=O)c1c(C)cc2c(c1OCC(=O)OCc1ccccc1)[C@]1(O)C(=O)c3cc4c(c(O)c3C(=O)[C@]1(OC)[C@H](O)C2)C(=O)C=C(N[C@H]1O[C@@H](C)[C@H](OC)[C@@H](O)[C@H]1CO)C4=O. The Morgan fingerprint density at radius 3 is 1.29 bits per heavy atom. The van der Waals surface area contributed by atoms with E-state index in [1.165, 1.54) is 40.2 Å². The van der Waals surface area contributed by atoms with Crippen molar-refractivity contribution in [1.29, 1.82) is 0 Å². The first-order chi connectivity index (χ1) is 54.5. The molecule has 115 heavy (non-hydrogen) atoms. The molecule has 36 nitrogen and oxygen atoms in total. The molecule has 0 saturated carbocycles. The Morgan fingerprint density at radius 2 is 0.930 bits per heavy atom. The van der Waals surface area contributed by atoms with E-state index in [-0.39, 0.29) is 34.4 Å². The highest BCUT2D eigenvalue weighted by atomic mass is 16.6. The number of aliphatic hydroxyl groups is 8. The minimum atomic E-state index is -3.32. The van der Waals surface area contributed by atoms with Gasteiger partial charge in [0.25, 0.3) is 0 Å². The first kappa shape index (κ1) is 83.5. The summed E-state index contributed by atoms with van der Waals surface area (Å²) >= 11 is 0. The molecule has 0 amide bonds. The van der Waals surface area contributed by atoms with Gasteiger partial charge in [-0.05, 0) is 67.6 Å². The van der Waals surface area contributed by atoms with Crippen LogP contribution in [-0.2, 0) is 82.9 Å². The number of phenolic OH excluding ortho intramolecular Hbond substituents is 2. The number of carboxylic acids is 1. The number of fused-ring (bicyclic) bond motifs is 10. The fourth-order valence-corrected chi connectivity index (χ4v) is 17.1. The maximum absolute atomic E-state index is 15.1. The largest absolute Gasteiger partial charge is 0.506 e. The van der Waals surface area contributed by atoms with E-state index < -0.39 is 301 Å². The zero-order valence-electron chi connectivity index (χ0n) is 63.0. The number of ether oxygens (including phenoxy) is 11. The van der Waals surface area contributed by atoms with Crippen molar-refractivity contribution in [1.82, 2.24) is 10.6 Å². The number of nitrogens with one attached hydrogen (secondary N) is 2. The topological polar surface area (TPSA) is 553 Å². The van der Waals surface area contributed by atoms with E-state index in [2.05, 4.69) is 10.6 Å². The zero-order chi connectivity index (χ0) is 84.1. The van der Waals surface area contributed by atoms with Crippen LogP contribution in [0.25, 0.3) is 0 Å². The molecule has 0 radical (unpaired) electrons. The van der Waals surface area contributed by atoms with Crippen molar-refractivity contribution in [2.45, 2.75) is 131 Å². The van der Waals surface area contributed by atoms with Crippen LogP contribution in [0.1, 0.15) is 156 Å². The van der Waals surface area contributed by atoms with Crippen LogP contribution in [0.3, 0.4) is 0 Å². The number of carbonyl (C=O) groups is 12. The summed E-state index contributed by atoms with van der Waals surface area (Å²) in [6.07, 6.45) is -11.7. The van der Waals surface area contributed by atoms with Crippen molar-refractivity contribution in [3.8, 4) is 23.0 Å². The second-order valence-corrected chi connectivity index (χ2v) is 28.6. The van der Waals surface area contributed by atoms with Crippen molar-refractivity contribution in [2.75, 3.05) is 69.1 Å². The molecule has 2 saturated heterocycles. The van der Waals surface area contributed by atoms with Crippen molar-refractivity contribution in [3.05, 3.63) is 173 Å². The van der Waals surface area contributed by atoms with Crippen molar-refractivity contribution in [3.63, 3.8) is 0 Å². The molecular weight excluding hydrogens is 1520 g/mol. The molecule has 2 aliphatic heterocycles. The predicted molar refractivity (Wildman–Crippen MR) is 383 cm³/mol. The molecule has 5 aromatic rings. The van der Waals surface area contributed by atoms with Crippen LogP contribution in [0.5, 0.6) is 23.0 Å². The zero-order valence-corrected chi connectivity index (χ0v) is 63.0. The normalized spacial score (nSPS) is 28.9. The molecule has 2 fully saturated rings. The number of methoxy groups -OCH3 is 6. The van der Waals surface area contributed by atoms with Gasteiger partial charge in [-0.25, -0.2) is 19.2 Å². The van der Waals surface area contributed by atoms with Crippen LogP contribution in [-0.4, -0.2) is 268 Å². The summed E-state index contributed by atoms with van der Waals surface area (Å²) in [5.41, 5.74) is -20.4. The number of benzene rings is 5. The third-order valence-electron chi connectivity index (χ3n) is 22.5. The van der Waals surface area contributed by atoms with Gasteiger partial charge in [-0.3, -0.25) is 38.4 Å². The number of allylic oxidation sites excluding steroid dienone is 4. The Labute approximate surface area is 651 Å². The highest BCUT2D eigenvalue weighted by Gasteiger charge is 2.75. The second-order valence-electron chi connectivity index (χ2n) is 28.6. The Bertz CT molecular complexity index is 5070. The molecule has 16 atom stereocenters. The molecule has 8 aliphatic rings. The quantitative estimate of drug-likeness (QED) is 0.0356. The maximum Gasteiger partial charge on any atom is 0.344 e. The number of rotatable bonds is 20. The first-order valence-corrected chi connectivity index (χ1v) is 35.6. The van der Waals surface area contributed by atoms with Crippen LogP contribution in [0.4, 0.5) is 0 Å². The van der Waals surface area contributed by atoms with E-state index in [0.717, 1.165) is 52.7 Å². The molecule has 0 aromatic heterocycles. The number of aliphatic carboxylic acids is 1. The van der Waals surface area contributed by atoms with Crippen LogP contribution in [0, 0.1) is 25.7 Å². The lowest BCUT2D eigenvalue weighted by Crippen LogP contribution is -2.73. The van der Waals surface area contributed by atoms with Gasteiger partial charge in [0.05, 0.1) is 110 Å². The summed E-state index contributed by atoms with van der Waals surface area (Å²) in [6, 6.07) is 12.9. The number of aryl methyl sites for hydroxylation is 2. The molecular formula is C79H80N2O34. The van der Waals surface area contributed by atoms with Gasteiger partial charge in [-0.1, -0.05) is 42.5 Å². The molecule has 0 spiro atoms. The lowest BCUT2D eigenvalue weighted by atomic mass is 9.56. The Balaban J connectivity index is 0.000000214. The van der Waals surface area contributed by atoms with Gasteiger partial charge >= 0.3 is 23.9 Å². The predicted octanol–water partition coefficient (Wildman–Crippen LogP) is -0.139. The van der Waals surface area contributed by atoms with Crippen LogP contribution < -0.4 is 20.1 Å². The summed E-state index contributed by atoms with van der Waals surface area (Å²) in [5, 5.41) is 129. The number of esters is 3. The summed E-state index contributed by atoms with van der Waals surface area (Å²) in [7, 11) is 6.53. The van der Waals surface area contributed by atoms with Crippen LogP contribution in [0.15, 0.2) is 78.1 Å². The minimum absolute atomic E-state index is 0.00835. The monoisotopic (exact) mass is 1600 g/mol. The standard InChI is InChI=1S/C43H43NO17.C36H37NO17/c1-18-11-21-12-27(47)43(58-5)39(53)31-23(13-22-30(35(31)51)26(46)14-25(33(22)49)44-40-24(15-45)34(50)36(56-3)19(2)61-40)38(52)42(43,55)32(21)37(29(18)41(54)57-4)60-17-28(48)59-16-20-9-7-6-8-10-20;1-12-6-14-7-20(40)36(52-5)32(47)24-16(31(46)35(36,49)25(14)30(53-11-21(41)42)22(12)34(48)51-4)8-15-23(28(24)45)19(39)9-18(26(15)43)37-33-17(10-38)27(44)29(50-3)13(2)54-33/h6-11,13-14,19,24,27,34,36,40,44-45,47,50-51,55H,12,15-17H2,1-5H3;6,8-9,13,17,20,27,29,33,37-38,40,44-45,49H,7,10-11H2,1-5H3,(H,41,42)/t19-,24+,27+,34-,36-,40-,42-,43+;13-,17+,20+,27-,29-,33-,35-,36+/m00/s1. The number of phenols is 2. The molecule has 0 unspecified atom stereocenters. The summed E-state index contributed by atoms with van der Waals surface area (Å²) in [4.78, 5) is 166. The lowest BCUT2D eigenvalue weighted by molar-refractivity contribution is -0.215. The highest BCUT2D eigenvalue weighted by molar-refractivity contribution is 6.33. The van der Waals surface area contributed by atoms with Gasteiger partial charge in [0, 0.05) is 86.8 Å². The number of carbonyl (C=O) groups excluding carboxylic acids is 11. The second kappa shape index (κ2) is 31.3. The average Bonchev–Trinajstić information content (AvgIpc) is 0.672. The number of Topliss-reactive ketones (excluding diaryl/α,β-unsaturated/α-hetero) is 6. The van der Waals surface area contributed by atoms with E-state index in [4.69, 9.17) is 52.1 Å². The van der Waals surface area contributed by atoms with Gasteiger partial charge in [0.15, 0.2) is 47.2 Å². The average molecular weight is 1600 g/mol. The van der Waals surface area contributed by atoms with E-state index >= 15 is 4.79 Å². The van der Waals surface area contributed by atoms with Gasteiger partial charge in [-0.15, -0.1) is 0 Å². The highest BCUT2D eigenvalue weighted by Crippen LogP contribution is 2.60. The Morgan fingerprint density at radius 1 is 0.539 bits per heavy atom. The van der Waals surface area contributed by atoms with Crippen molar-refractivity contribution < 1.29 is 166 Å².